The van der Waals surface area contributed by atoms with Crippen molar-refractivity contribution in [3.8, 4) is 5.75 Å². The molecule has 1 rings (SSSR count). The summed E-state index contributed by atoms with van der Waals surface area (Å²) >= 11 is 0. The largest absolute Gasteiger partial charge is 0.503 e. The molecule has 0 aliphatic rings. The molecule has 0 saturated heterocycles. The molecular weight excluding hydrogens is 211 g/mol. The number of phenolic OH excluding ortho intramolecular Hbond substituents is 1. The first kappa shape index (κ1) is 11.4. The predicted octanol–water partition coefficient (Wildman–Crippen LogP) is 1.51. The molecule has 6 heteroatoms. The molecule has 0 bridgehead atoms. The topological polar surface area (TPSA) is 40.5 Å². The van der Waals surface area contributed by atoms with Crippen LogP contribution < -0.4 is 0 Å². The second kappa shape index (κ2) is 3.80. The summed E-state index contributed by atoms with van der Waals surface area (Å²) in [7, 11) is 2.64. The highest BCUT2D eigenvalue weighted by Gasteiger charge is 2.23. The van der Waals surface area contributed by atoms with Gasteiger partial charge < -0.3 is 10.0 Å². The van der Waals surface area contributed by atoms with Crippen LogP contribution in [-0.4, -0.2) is 30.0 Å². The Labute approximate surface area is 83.7 Å². The first-order valence-electron chi connectivity index (χ1n) is 3.94. The number of rotatable bonds is 1. The van der Waals surface area contributed by atoms with Gasteiger partial charge in [0.25, 0.3) is 5.91 Å². The molecule has 0 aliphatic carbocycles. The Morgan fingerprint density at radius 2 is 1.80 bits per heavy atom. The number of carbonyl (C=O) groups is 1. The van der Waals surface area contributed by atoms with Crippen molar-refractivity contribution >= 4 is 5.91 Å². The van der Waals surface area contributed by atoms with Crippen molar-refractivity contribution in [1.29, 1.82) is 0 Å². The van der Waals surface area contributed by atoms with Gasteiger partial charge in [0, 0.05) is 14.1 Å². The molecule has 0 aromatic heterocycles. The van der Waals surface area contributed by atoms with E-state index in [0.717, 1.165) is 4.90 Å². The SMILES string of the molecule is CN(C)C(=O)c1cc(F)c(F)c(O)c1F. The average Bonchev–Trinajstić information content (AvgIpc) is 2.19. The van der Waals surface area contributed by atoms with Gasteiger partial charge in [-0.1, -0.05) is 0 Å². The molecule has 0 heterocycles. The number of benzene rings is 1. The van der Waals surface area contributed by atoms with E-state index in [2.05, 4.69) is 0 Å². The standard InChI is InChI=1S/C9H8F3NO2/c1-13(2)9(15)4-3-5(10)7(12)8(14)6(4)11/h3,14H,1-2H3. The zero-order valence-corrected chi connectivity index (χ0v) is 8.01. The van der Waals surface area contributed by atoms with Crippen LogP contribution in [0.25, 0.3) is 0 Å². The number of halogens is 3. The summed E-state index contributed by atoms with van der Waals surface area (Å²) in [5, 5.41) is 8.84. The summed E-state index contributed by atoms with van der Waals surface area (Å²) in [5.74, 6) is -6.99. The summed E-state index contributed by atoms with van der Waals surface area (Å²) in [6.07, 6.45) is 0. The maximum atomic E-state index is 13.1. The van der Waals surface area contributed by atoms with Crippen LogP contribution in [0.2, 0.25) is 0 Å². The third-order valence-electron chi connectivity index (χ3n) is 1.77. The maximum Gasteiger partial charge on any atom is 0.256 e. The summed E-state index contributed by atoms with van der Waals surface area (Å²) in [5.41, 5.74) is -0.712. The smallest absolute Gasteiger partial charge is 0.256 e. The zero-order chi connectivity index (χ0) is 11.7. The van der Waals surface area contributed by atoms with E-state index >= 15 is 0 Å². The van der Waals surface area contributed by atoms with Gasteiger partial charge in [-0.2, -0.15) is 4.39 Å². The second-order valence-corrected chi connectivity index (χ2v) is 3.08. The molecule has 1 aromatic carbocycles. The van der Waals surface area contributed by atoms with Crippen molar-refractivity contribution in [1.82, 2.24) is 4.90 Å². The van der Waals surface area contributed by atoms with Gasteiger partial charge in [0.1, 0.15) is 0 Å². The highest BCUT2D eigenvalue weighted by Crippen LogP contribution is 2.26. The van der Waals surface area contributed by atoms with Crippen molar-refractivity contribution in [2.24, 2.45) is 0 Å². The average molecular weight is 219 g/mol. The Morgan fingerprint density at radius 1 is 1.27 bits per heavy atom. The van der Waals surface area contributed by atoms with Crippen molar-refractivity contribution in [3.05, 3.63) is 29.1 Å². The molecule has 3 nitrogen and oxygen atoms in total. The van der Waals surface area contributed by atoms with Crippen LogP contribution in [0.5, 0.6) is 5.75 Å². The van der Waals surface area contributed by atoms with Crippen LogP contribution in [0.1, 0.15) is 10.4 Å². The highest BCUT2D eigenvalue weighted by atomic mass is 19.2. The number of amides is 1. The van der Waals surface area contributed by atoms with E-state index in [1.54, 1.807) is 0 Å². The number of phenols is 1. The van der Waals surface area contributed by atoms with E-state index in [1.807, 2.05) is 0 Å². The van der Waals surface area contributed by atoms with E-state index < -0.39 is 34.7 Å². The fourth-order valence-corrected chi connectivity index (χ4v) is 0.987. The zero-order valence-electron chi connectivity index (χ0n) is 8.01. The van der Waals surface area contributed by atoms with E-state index in [1.165, 1.54) is 14.1 Å². The van der Waals surface area contributed by atoms with Crippen LogP contribution in [-0.2, 0) is 0 Å². The minimum absolute atomic E-state index is 0.409. The summed E-state index contributed by atoms with van der Waals surface area (Å²) in [4.78, 5) is 12.2. The molecule has 82 valence electrons. The first-order valence-corrected chi connectivity index (χ1v) is 3.94. The summed E-state index contributed by atoms with van der Waals surface area (Å²) < 4.78 is 38.6. The minimum Gasteiger partial charge on any atom is -0.503 e. The van der Waals surface area contributed by atoms with E-state index in [0.29, 0.717) is 6.07 Å². The van der Waals surface area contributed by atoms with Crippen LogP contribution in [0.4, 0.5) is 13.2 Å². The third-order valence-corrected chi connectivity index (χ3v) is 1.77. The Kier molecular flexibility index (Phi) is 2.88. The highest BCUT2D eigenvalue weighted by molar-refractivity contribution is 5.94. The van der Waals surface area contributed by atoms with Gasteiger partial charge in [-0.05, 0) is 6.07 Å². The third kappa shape index (κ3) is 1.88. The van der Waals surface area contributed by atoms with Crippen molar-refractivity contribution in [3.63, 3.8) is 0 Å². The molecule has 0 unspecified atom stereocenters. The van der Waals surface area contributed by atoms with E-state index in [4.69, 9.17) is 5.11 Å². The lowest BCUT2D eigenvalue weighted by atomic mass is 10.1. The minimum atomic E-state index is -1.71. The van der Waals surface area contributed by atoms with Crippen LogP contribution in [0.3, 0.4) is 0 Å². The lowest BCUT2D eigenvalue weighted by molar-refractivity contribution is 0.0821. The molecule has 0 fully saturated rings. The number of nitrogens with zero attached hydrogens (tertiary/aromatic N) is 1. The number of carbonyl (C=O) groups excluding carboxylic acids is 1. The molecule has 1 amide bonds. The molecule has 0 aliphatic heterocycles. The van der Waals surface area contributed by atoms with Gasteiger partial charge in [-0.25, -0.2) is 8.78 Å². The van der Waals surface area contributed by atoms with Gasteiger partial charge >= 0.3 is 0 Å². The Morgan fingerprint density at radius 3 is 2.27 bits per heavy atom. The summed E-state index contributed by atoms with van der Waals surface area (Å²) in [6, 6.07) is 0.409. The second-order valence-electron chi connectivity index (χ2n) is 3.08. The van der Waals surface area contributed by atoms with Gasteiger partial charge in [0.15, 0.2) is 17.4 Å². The number of aromatic hydroxyl groups is 1. The van der Waals surface area contributed by atoms with Crippen LogP contribution in [0, 0.1) is 17.5 Å². The van der Waals surface area contributed by atoms with E-state index in [9.17, 15) is 18.0 Å². The fourth-order valence-electron chi connectivity index (χ4n) is 0.987. The van der Waals surface area contributed by atoms with Gasteiger partial charge in [0.05, 0.1) is 5.56 Å². The maximum absolute atomic E-state index is 13.1. The first-order chi connectivity index (χ1) is 6.86. The molecule has 0 saturated carbocycles. The Bertz CT molecular complexity index is 418. The van der Waals surface area contributed by atoms with E-state index in [-0.39, 0.29) is 0 Å². The molecule has 0 atom stereocenters. The molecule has 1 aromatic rings. The monoisotopic (exact) mass is 219 g/mol. The van der Waals surface area contributed by atoms with Crippen molar-refractivity contribution in [2.45, 2.75) is 0 Å². The normalized spacial score (nSPS) is 10.2. The molecule has 1 N–H and O–H groups in total. The number of hydrogen-bond donors (Lipinski definition) is 1. The quantitative estimate of drug-likeness (QED) is 0.727. The lowest BCUT2D eigenvalue weighted by Crippen LogP contribution is -2.23. The van der Waals surface area contributed by atoms with Gasteiger partial charge in [-0.3, -0.25) is 4.79 Å². The Balaban J connectivity index is 3.39. The fraction of sp³-hybridized carbons (Fsp3) is 0.222. The molecule has 15 heavy (non-hydrogen) atoms. The number of hydrogen-bond acceptors (Lipinski definition) is 2. The van der Waals surface area contributed by atoms with Crippen LogP contribution >= 0.6 is 0 Å². The van der Waals surface area contributed by atoms with Gasteiger partial charge in [0.2, 0.25) is 5.82 Å². The van der Waals surface area contributed by atoms with Crippen molar-refractivity contribution < 1.29 is 23.1 Å². The molecular formula is C9H8F3NO2. The predicted molar refractivity (Wildman–Crippen MR) is 46.0 cm³/mol. The summed E-state index contributed by atoms with van der Waals surface area (Å²) in [6.45, 7) is 0. The van der Waals surface area contributed by atoms with Gasteiger partial charge in [-0.15, -0.1) is 0 Å². The Hall–Kier alpha value is -1.72. The lowest BCUT2D eigenvalue weighted by Gasteiger charge is -2.11. The molecule has 0 radical (unpaired) electrons. The van der Waals surface area contributed by atoms with Crippen LogP contribution in [0.15, 0.2) is 6.07 Å². The van der Waals surface area contributed by atoms with Crippen molar-refractivity contribution in [2.75, 3.05) is 14.1 Å². The molecule has 0 spiro atoms.